The molecule has 9 rings (SSSR count). The Morgan fingerprint density at radius 3 is 1.85 bits per heavy atom. The van der Waals surface area contributed by atoms with E-state index in [-0.39, 0.29) is 67.7 Å². The number of ether oxygens (including phenoxy) is 6. The van der Waals surface area contributed by atoms with Gasteiger partial charge in [-0.05, 0) is 97.8 Å². The summed E-state index contributed by atoms with van der Waals surface area (Å²) in [6, 6.07) is 41.1. The van der Waals surface area contributed by atoms with Crippen LogP contribution in [0.1, 0.15) is 77.9 Å². The third-order valence-corrected chi connectivity index (χ3v) is 15.7. The number of piperidine rings is 1. The summed E-state index contributed by atoms with van der Waals surface area (Å²) < 4.78 is 35.3. The number of Topliss-reactive ketones (excluding diaryl/α,β-unsaturated/α-hetero) is 1. The monoisotopic (exact) mass is 1120 g/mol. The largest absolute Gasteiger partial charge is 0.497 e. The van der Waals surface area contributed by atoms with Crippen LogP contribution in [0.5, 0.6) is 23.0 Å². The number of esters is 1. The molecule has 80 heavy (non-hydrogen) atoms. The van der Waals surface area contributed by atoms with E-state index in [1.807, 2.05) is 30.3 Å². The molecule has 17 nitrogen and oxygen atoms in total. The highest BCUT2D eigenvalue weighted by molar-refractivity contribution is 8.02. The fourth-order valence-corrected chi connectivity index (χ4v) is 11.6. The second kappa shape index (κ2) is 24.3. The molecule has 0 aliphatic carbocycles. The molecule has 414 valence electrons. The van der Waals surface area contributed by atoms with Crippen LogP contribution >= 0.6 is 23.4 Å². The number of ketones is 1. The molecule has 1 N–H and O–H groups in total. The van der Waals surface area contributed by atoms with Crippen LogP contribution in [0.15, 0.2) is 152 Å². The number of rotatable bonds is 19. The number of nitrogens with one attached hydrogen (secondary N) is 1. The molecular weight excluding hydrogens is 1060 g/mol. The zero-order valence-corrected chi connectivity index (χ0v) is 46.2. The van der Waals surface area contributed by atoms with Crippen molar-refractivity contribution in [2.24, 2.45) is 0 Å². The summed E-state index contributed by atoms with van der Waals surface area (Å²) in [5, 5.41) is 1.67. The number of thioether (sulfide) groups is 1. The Balaban J connectivity index is 1.05. The lowest BCUT2D eigenvalue weighted by atomic mass is 9.98. The van der Waals surface area contributed by atoms with E-state index in [9.17, 15) is 19.2 Å². The fourth-order valence-electron chi connectivity index (χ4n) is 9.65. The number of carbonyl (C=O) groups excluding carboxylic acids is 7. The van der Waals surface area contributed by atoms with Gasteiger partial charge in [0.15, 0.2) is 17.6 Å². The summed E-state index contributed by atoms with van der Waals surface area (Å²) in [6.07, 6.45) is -2.36. The number of nitrogens with zero attached hydrogens (tertiary/aromatic N) is 3. The normalized spacial score (nSPS) is 18.6. The van der Waals surface area contributed by atoms with Crippen molar-refractivity contribution in [1.82, 2.24) is 20.0 Å². The van der Waals surface area contributed by atoms with Gasteiger partial charge in [0.1, 0.15) is 47.8 Å². The Hall–Kier alpha value is -8.35. The number of fused-ring (bicyclic) bond motifs is 1. The van der Waals surface area contributed by atoms with E-state index in [4.69, 9.17) is 40.0 Å². The Kier molecular flexibility index (Phi) is 17.2. The van der Waals surface area contributed by atoms with Crippen LogP contribution in [0.3, 0.4) is 0 Å². The zero-order chi connectivity index (χ0) is 56.7. The van der Waals surface area contributed by atoms with Gasteiger partial charge >= 0.3 is 18.0 Å². The third-order valence-electron chi connectivity index (χ3n) is 13.7. The van der Waals surface area contributed by atoms with E-state index >= 15 is 14.4 Å². The lowest BCUT2D eigenvalue weighted by molar-refractivity contribution is -0.167. The number of methoxy groups -OCH3 is 2. The van der Waals surface area contributed by atoms with Gasteiger partial charge in [0, 0.05) is 6.54 Å². The van der Waals surface area contributed by atoms with Gasteiger partial charge in [-0.3, -0.25) is 24.0 Å². The van der Waals surface area contributed by atoms with Crippen molar-refractivity contribution in [3.63, 3.8) is 0 Å². The lowest BCUT2D eigenvalue weighted by Gasteiger charge is -2.44. The molecule has 3 heterocycles. The number of imide groups is 1. The number of halogens is 1. The Morgan fingerprint density at radius 2 is 1.29 bits per heavy atom. The minimum absolute atomic E-state index is 0.0175. The molecule has 0 saturated carbocycles. The van der Waals surface area contributed by atoms with Crippen LogP contribution in [-0.4, -0.2) is 111 Å². The zero-order valence-electron chi connectivity index (χ0n) is 44.6. The average Bonchev–Trinajstić information content (AvgIpc) is 3.84. The first kappa shape index (κ1) is 56.4. The molecule has 0 unspecified atom stereocenters. The van der Waals surface area contributed by atoms with Crippen molar-refractivity contribution in [2.45, 2.75) is 87.3 Å². The molecule has 19 heteroatoms. The van der Waals surface area contributed by atoms with Gasteiger partial charge in [-0.2, -0.15) is 0 Å². The highest BCUT2D eigenvalue weighted by Gasteiger charge is 2.67. The maximum Gasteiger partial charge on any atom is 0.418 e. The summed E-state index contributed by atoms with van der Waals surface area (Å²) in [5.74, 6) is -4.18. The summed E-state index contributed by atoms with van der Waals surface area (Å²) in [5.41, 5.74) is 1.79. The lowest BCUT2D eigenvalue weighted by Crippen LogP contribution is -2.68. The van der Waals surface area contributed by atoms with Gasteiger partial charge in [0.25, 0.3) is 5.78 Å². The van der Waals surface area contributed by atoms with E-state index in [1.165, 1.54) is 21.9 Å². The van der Waals surface area contributed by atoms with E-state index in [0.29, 0.717) is 33.1 Å². The first-order valence-corrected chi connectivity index (χ1v) is 27.1. The highest BCUT2D eigenvalue weighted by atomic mass is 35.5. The molecular formula is C61H59ClN4O13S. The van der Waals surface area contributed by atoms with Gasteiger partial charge in [-0.15, -0.1) is 0 Å². The van der Waals surface area contributed by atoms with Crippen molar-refractivity contribution in [1.29, 1.82) is 0 Å². The quantitative estimate of drug-likeness (QED) is 0.0349. The van der Waals surface area contributed by atoms with Gasteiger partial charge in [-0.25, -0.2) is 14.5 Å². The number of amides is 5. The molecule has 4 atom stereocenters. The molecule has 0 bridgehead atoms. The first-order chi connectivity index (χ1) is 38.5. The minimum atomic E-state index is -2.01. The number of β-lactam (4-membered cyclic amide) rings is 1. The van der Waals surface area contributed by atoms with Gasteiger partial charge < -0.3 is 43.5 Å². The van der Waals surface area contributed by atoms with Gasteiger partial charge in [0.05, 0.1) is 37.8 Å². The van der Waals surface area contributed by atoms with Crippen molar-refractivity contribution >= 4 is 64.8 Å². The smallest absolute Gasteiger partial charge is 0.418 e. The topological polar surface area (TPSA) is 197 Å². The van der Waals surface area contributed by atoms with Crippen LogP contribution < -0.4 is 24.3 Å². The standard InChI is InChI=1S/C61H59ClN4O13S/c1-60(2,3)79-59(73)66(56(71)51(68)45-31-32-47(76-35-39-23-27-43(74-4)28-24-39)53(49(45)62)77-36-40-25-29-44(75-5)30-26-40)46-22-15-33-65(54(46)69)61(58(72)78-52(41-18-11-7-12-19-41)42-20-13-8-14-21-42)37-64-55(70)50(57(64)80-61)63-48(67)34-38-16-9-6-10-17-38/h6-14,16-21,23-32,46,50,52,57H,15,22,33-37H2,1-5H3,(H,63,67)/t46-,50+,57+,61+/m0/s1. The number of hydrogen-bond acceptors (Lipinski definition) is 14. The van der Waals surface area contributed by atoms with Crippen molar-refractivity contribution in [2.75, 3.05) is 27.3 Å². The summed E-state index contributed by atoms with van der Waals surface area (Å²) in [7, 11) is 3.10. The van der Waals surface area contributed by atoms with Crippen molar-refractivity contribution in [3.8, 4) is 23.0 Å². The fraction of sp³-hybridized carbons (Fsp3) is 0.295. The molecule has 6 aromatic carbocycles. The third kappa shape index (κ3) is 12.3. The minimum Gasteiger partial charge on any atom is -0.497 e. The maximum atomic E-state index is 15.6. The molecule has 5 amide bonds. The molecule has 3 saturated heterocycles. The predicted molar refractivity (Wildman–Crippen MR) is 297 cm³/mol. The van der Waals surface area contributed by atoms with Crippen LogP contribution in [0, 0.1) is 0 Å². The summed E-state index contributed by atoms with van der Waals surface area (Å²) in [4.78, 5) is 104. The van der Waals surface area contributed by atoms with Crippen LogP contribution in [0.2, 0.25) is 5.02 Å². The first-order valence-electron chi connectivity index (χ1n) is 25.9. The molecule has 0 spiro atoms. The molecule has 3 fully saturated rings. The van der Waals surface area contributed by atoms with E-state index in [1.54, 1.807) is 144 Å². The molecule has 0 radical (unpaired) electrons. The Morgan fingerprint density at radius 1 is 0.725 bits per heavy atom. The number of benzene rings is 6. The molecule has 0 aromatic heterocycles. The van der Waals surface area contributed by atoms with E-state index in [0.717, 1.165) is 22.9 Å². The second-order valence-corrected chi connectivity index (χ2v) is 22.0. The van der Waals surface area contributed by atoms with Crippen molar-refractivity contribution in [3.05, 3.63) is 190 Å². The molecule has 3 aliphatic heterocycles. The molecule has 3 aliphatic rings. The second-order valence-electron chi connectivity index (χ2n) is 20.2. The Labute approximate surface area is 472 Å². The van der Waals surface area contributed by atoms with Crippen LogP contribution in [0.25, 0.3) is 0 Å². The summed E-state index contributed by atoms with van der Waals surface area (Å²) >= 11 is 8.03. The Bertz CT molecular complexity index is 3220. The SMILES string of the molecule is COc1ccc(COc2ccc(C(=O)C(=O)N(C(=O)OC(C)(C)C)[C@H]3CCCN([C@]4(C(=O)OC(c5ccccc5)c5ccccc5)CN5C(=O)[C@@H](NC(=O)Cc6ccccc6)[C@H]5S4)C3=O)c(Cl)c2OCc2ccc(OC)cc2)cc1. The number of hydrogen-bond donors (Lipinski definition) is 1. The van der Waals surface area contributed by atoms with Crippen LogP contribution in [0.4, 0.5) is 4.79 Å². The maximum absolute atomic E-state index is 15.6. The molecule has 6 aromatic rings. The predicted octanol–water partition coefficient (Wildman–Crippen LogP) is 9.12. The van der Waals surface area contributed by atoms with E-state index < -0.39 is 75.5 Å². The number of carbonyl (C=O) groups is 7. The van der Waals surface area contributed by atoms with Gasteiger partial charge in [0.2, 0.25) is 22.6 Å². The van der Waals surface area contributed by atoms with Crippen molar-refractivity contribution < 1.29 is 62.0 Å². The number of likely N-dealkylation sites (tertiary alicyclic amines) is 1. The highest BCUT2D eigenvalue weighted by Crippen LogP contribution is 2.51. The van der Waals surface area contributed by atoms with Crippen LogP contribution in [-0.2, 0) is 53.1 Å². The van der Waals surface area contributed by atoms with E-state index in [2.05, 4.69) is 5.32 Å². The average molecular weight is 1120 g/mol. The summed E-state index contributed by atoms with van der Waals surface area (Å²) in [6.45, 7) is 4.19. The van der Waals surface area contributed by atoms with Gasteiger partial charge in [-0.1, -0.05) is 139 Å².